The number of esters is 1. The van der Waals surface area contributed by atoms with Crippen LogP contribution >= 0.6 is 23.7 Å². The standard InChI is InChI=1S/C15H14BrN2O7P/c1-23-15(19)10-17-26(22,24-13-6-2-11(16)3-7-13)25-14-8-4-12(5-9-14)18(20)21/h2-9H,10H2,1H3,(H,17,22). The first-order valence-corrected chi connectivity index (χ1v) is 9.46. The van der Waals surface area contributed by atoms with Crippen LogP contribution in [0.3, 0.4) is 0 Å². The molecule has 0 radical (unpaired) electrons. The van der Waals surface area contributed by atoms with E-state index >= 15 is 0 Å². The maximum Gasteiger partial charge on any atom is 0.513 e. The van der Waals surface area contributed by atoms with Crippen molar-refractivity contribution in [3.8, 4) is 11.5 Å². The lowest BCUT2D eigenvalue weighted by Crippen LogP contribution is -2.25. The van der Waals surface area contributed by atoms with Gasteiger partial charge >= 0.3 is 13.7 Å². The average molecular weight is 445 g/mol. The molecule has 0 aliphatic rings. The molecule has 0 aromatic heterocycles. The third-order valence-electron chi connectivity index (χ3n) is 2.96. The molecule has 2 rings (SSSR count). The van der Waals surface area contributed by atoms with E-state index in [2.05, 4.69) is 25.8 Å². The van der Waals surface area contributed by atoms with Gasteiger partial charge in [-0.05, 0) is 36.4 Å². The highest BCUT2D eigenvalue weighted by atomic mass is 79.9. The topological polar surface area (TPSA) is 117 Å². The van der Waals surface area contributed by atoms with E-state index in [4.69, 9.17) is 9.05 Å². The first kappa shape index (κ1) is 19.9. The molecule has 0 fully saturated rings. The molecule has 0 aliphatic carbocycles. The van der Waals surface area contributed by atoms with Crippen LogP contribution in [0.2, 0.25) is 0 Å². The number of benzene rings is 2. The van der Waals surface area contributed by atoms with E-state index in [9.17, 15) is 19.5 Å². The van der Waals surface area contributed by atoms with E-state index in [1.54, 1.807) is 24.3 Å². The molecule has 1 unspecified atom stereocenters. The third kappa shape index (κ3) is 5.83. The number of rotatable bonds is 8. The number of non-ortho nitro benzene ring substituents is 1. The SMILES string of the molecule is COC(=O)CNP(=O)(Oc1ccc(Br)cc1)Oc1ccc([N+](=O)[O-])cc1. The van der Waals surface area contributed by atoms with Crippen LogP contribution < -0.4 is 14.1 Å². The minimum absolute atomic E-state index is 0.0633. The van der Waals surface area contributed by atoms with Gasteiger partial charge in [-0.2, -0.15) is 5.09 Å². The van der Waals surface area contributed by atoms with Crippen LogP contribution in [0, 0.1) is 10.1 Å². The summed E-state index contributed by atoms with van der Waals surface area (Å²) in [5, 5.41) is 13.1. The molecule has 1 atom stereocenters. The summed E-state index contributed by atoms with van der Waals surface area (Å²) in [4.78, 5) is 21.5. The molecule has 0 saturated heterocycles. The Morgan fingerprint density at radius 1 is 1.12 bits per heavy atom. The first-order chi connectivity index (χ1) is 12.3. The lowest BCUT2D eigenvalue weighted by Gasteiger charge is -2.20. The second kappa shape index (κ2) is 8.79. The smallest absolute Gasteiger partial charge is 0.468 e. The molecule has 0 bridgehead atoms. The molecule has 0 spiro atoms. The largest absolute Gasteiger partial charge is 0.513 e. The Kier molecular flexibility index (Phi) is 6.73. The molecule has 0 amide bonds. The molecule has 11 heteroatoms. The second-order valence-electron chi connectivity index (χ2n) is 4.80. The Bertz CT molecular complexity index is 827. The van der Waals surface area contributed by atoms with E-state index in [0.717, 1.165) is 4.47 Å². The second-order valence-corrected chi connectivity index (χ2v) is 7.39. The monoisotopic (exact) mass is 444 g/mol. The van der Waals surface area contributed by atoms with Gasteiger partial charge in [-0.15, -0.1) is 0 Å². The number of nitrogens with one attached hydrogen (secondary N) is 1. The Labute approximate surface area is 157 Å². The molecule has 0 aliphatic heterocycles. The number of nitrogens with zero attached hydrogens (tertiary/aromatic N) is 1. The predicted molar refractivity (Wildman–Crippen MR) is 96.1 cm³/mol. The fourth-order valence-corrected chi connectivity index (χ4v) is 3.27. The highest BCUT2D eigenvalue weighted by molar-refractivity contribution is 9.10. The molecule has 0 heterocycles. The summed E-state index contributed by atoms with van der Waals surface area (Å²) >= 11 is 3.27. The average Bonchev–Trinajstić information content (AvgIpc) is 2.62. The van der Waals surface area contributed by atoms with E-state index in [1.807, 2.05) is 0 Å². The fraction of sp³-hybridized carbons (Fsp3) is 0.133. The van der Waals surface area contributed by atoms with Crippen LogP contribution in [0.1, 0.15) is 0 Å². The molecule has 2 aromatic rings. The number of ether oxygens (including phenoxy) is 1. The van der Waals surface area contributed by atoms with Crippen molar-refractivity contribution in [3.05, 3.63) is 63.1 Å². The summed E-state index contributed by atoms with van der Waals surface area (Å²) < 4.78 is 29.0. The summed E-state index contributed by atoms with van der Waals surface area (Å²) in [5.74, 6) is -0.374. The molecule has 1 N–H and O–H groups in total. The Morgan fingerprint density at radius 2 is 1.62 bits per heavy atom. The van der Waals surface area contributed by atoms with Gasteiger partial charge in [0.15, 0.2) is 0 Å². The van der Waals surface area contributed by atoms with Gasteiger partial charge in [0.2, 0.25) is 0 Å². The zero-order chi connectivity index (χ0) is 19.2. The molecule has 2 aromatic carbocycles. The maximum absolute atomic E-state index is 13.0. The number of hydrogen-bond acceptors (Lipinski definition) is 7. The van der Waals surface area contributed by atoms with Crippen LogP contribution in [0.25, 0.3) is 0 Å². The fourth-order valence-electron chi connectivity index (χ4n) is 1.72. The molecular weight excluding hydrogens is 431 g/mol. The van der Waals surface area contributed by atoms with Crippen molar-refractivity contribution in [2.24, 2.45) is 0 Å². The van der Waals surface area contributed by atoms with Crippen LogP contribution in [0.15, 0.2) is 53.0 Å². The number of halogens is 1. The Balaban J connectivity index is 2.20. The van der Waals surface area contributed by atoms with Crippen LogP contribution in [0.4, 0.5) is 5.69 Å². The van der Waals surface area contributed by atoms with E-state index in [1.165, 1.54) is 31.4 Å². The highest BCUT2D eigenvalue weighted by Gasteiger charge is 2.29. The lowest BCUT2D eigenvalue weighted by atomic mass is 10.3. The van der Waals surface area contributed by atoms with Gasteiger partial charge in [0.25, 0.3) is 5.69 Å². The van der Waals surface area contributed by atoms with Gasteiger partial charge in [-0.1, -0.05) is 15.9 Å². The summed E-state index contributed by atoms with van der Waals surface area (Å²) in [7, 11) is -2.84. The summed E-state index contributed by atoms with van der Waals surface area (Å²) in [6.07, 6.45) is 0. The van der Waals surface area contributed by atoms with Gasteiger partial charge in [0.05, 0.1) is 12.0 Å². The van der Waals surface area contributed by atoms with Crippen LogP contribution in [-0.4, -0.2) is 24.5 Å². The predicted octanol–water partition coefficient (Wildman–Crippen LogP) is 3.69. The normalized spacial score (nSPS) is 12.7. The van der Waals surface area contributed by atoms with Crippen molar-refractivity contribution in [2.75, 3.05) is 13.7 Å². The first-order valence-electron chi connectivity index (χ1n) is 7.12. The molecule has 138 valence electrons. The molecule has 0 saturated carbocycles. The van der Waals surface area contributed by atoms with Gasteiger partial charge in [-0.25, -0.2) is 4.57 Å². The van der Waals surface area contributed by atoms with E-state index < -0.39 is 25.2 Å². The minimum Gasteiger partial charge on any atom is -0.468 e. The number of nitro groups is 1. The zero-order valence-electron chi connectivity index (χ0n) is 13.5. The summed E-state index contributed by atoms with van der Waals surface area (Å²) in [6, 6.07) is 11.4. The number of carbonyl (C=O) groups is 1. The van der Waals surface area contributed by atoms with Crippen LogP contribution in [0.5, 0.6) is 11.5 Å². The van der Waals surface area contributed by atoms with Crippen molar-refractivity contribution in [2.45, 2.75) is 0 Å². The van der Waals surface area contributed by atoms with Gasteiger partial charge in [0, 0.05) is 16.6 Å². The van der Waals surface area contributed by atoms with Gasteiger partial charge in [-0.3, -0.25) is 14.9 Å². The van der Waals surface area contributed by atoms with Crippen LogP contribution in [-0.2, 0) is 14.1 Å². The minimum atomic E-state index is -4.02. The number of carbonyl (C=O) groups excluding carboxylic acids is 1. The van der Waals surface area contributed by atoms with E-state index in [-0.39, 0.29) is 17.2 Å². The highest BCUT2D eigenvalue weighted by Crippen LogP contribution is 2.45. The van der Waals surface area contributed by atoms with Crippen molar-refractivity contribution >= 4 is 35.3 Å². The Hall–Kier alpha value is -2.42. The molecular formula is C15H14BrN2O7P. The number of nitro benzene ring substituents is 1. The van der Waals surface area contributed by atoms with Crippen molar-refractivity contribution < 1.29 is 28.1 Å². The Morgan fingerprint density at radius 3 is 2.08 bits per heavy atom. The van der Waals surface area contributed by atoms with Crippen molar-refractivity contribution in [1.29, 1.82) is 0 Å². The van der Waals surface area contributed by atoms with Gasteiger partial charge in [0.1, 0.15) is 18.0 Å². The third-order valence-corrected chi connectivity index (χ3v) is 4.93. The van der Waals surface area contributed by atoms with Crippen molar-refractivity contribution in [3.63, 3.8) is 0 Å². The number of hydrogen-bond donors (Lipinski definition) is 1. The van der Waals surface area contributed by atoms with Gasteiger partial charge < -0.3 is 13.8 Å². The summed E-state index contributed by atoms with van der Waals surface area (Å²) in [5.41, 5.74) is -0.150. The molecule has 26 heavy (non-hydrogen) atoms. The van der Waals surface area contributed by atoms with Crippen molar-refractivity contribution in [1.82, 2.24) is 5.09 Å². The zero-order valence-corrected chi connectivity index (χ0v) is 15.9. The quantitative estimate of drug-likeness (QED) is 0.283. The van der Waals surface area contributed by atoms with E-state index in [0.29, 0.717) is 0 Å². The molecule has 9 nitrogen and oxygen atoms in total. The number of methoxy groups -OCH3 is 1. The lowest BCUT2D eigenvalue weighted by molar-refractivity contribution is -0.384. The maximum atomic E-state index is 13.0. The summed E-state index contributed by atoms with van der Waals surface area (Å²) in [6.45, 7) is -0.419.